The fourth-order valence-corrected chi connectivity index (χ4v) is 0.803. The maximum Gasteiger partial charge on any atom is 0.220 e. The molecular formula is C8H8N4. The van der Waals surface area contributed by atoms with Gasteiger partial charge in [-0.15, -0.1) is 0 Å². The van der Waals surface area contributed by atoms with Crippen LogP contribution in [0.15, 0.2) is 12.8 Å². The molecule has 4 heteroatoms. The van der Waals surface area contributed by atoms with Crippen LogP contribution >= 0.6 is 0 Å². The normalized spacial score (nSPS) is 9.00. The lowest BCUT2D eigenvalue weighted by molar-refractivity contribution is 1.14. The molecule has 1 aromatic rings. The molecule has 0 aliphatic carbocycles. The number of nitriles is 1. The molecule has 12 heavy (non-hydrogen) atoms. The number of hydrogen-bond acceptors (Lipinski definition) is 4. The van der Waals surface area contributed by atoms with Crippen molar-refractivity contribution in [2.24, 2.45) is 0 Å². The number of rotatable bonds is 1. The Bertz CT molecular complexity index is 362. The molecule has 0 saturated heterocycles. The molecule has 0 bridgehead atoms. The molecule has 60 valence electrons. The topological polar surface area (TPSA) is 75.6 Å². The molecule has 0 fully saturated rings. The van der Waals surface area contributed by atoms with Crippen molar-refractivity contribution in [2.45, 2.75) is 6.92 Å². The molecule has 0 unspecified atom stereocenters. The predicted octanol–water partition coefficient (Wildman–Crippen LogP) is 0.964. The van der Waals surface area contributed by atoms with Gasteiger partial charge in [-0.25, -0.2) is 9.97 Å². The second-order valence-corrected chi connectivity index (χ2v) is 2.38. The number of aromatic nitrogens is 2. The van der Waals surface area contributed by atoms with Crippen LogP contribution in [0.2, 0.25) is 0 Å². The molecule has 1 rings (SSSR count). The zero-order valence-corrected chi connectivity index (χ0v) is 6.70. The Balaban J connectivity index is 3.34. The fraction of sp³-hybridized carbons (Fsp3) is 0.125. The summed E-state index contributed by atoms with van der Waals surface area (Å²) >= 11 is 0. The molecule has 0 spiro atoms. The minimum absolute atomic E-state index is 0.159. The quantitative estimate of drug-likeness (QED) is 0.664. The van der Waals surface area contributed by atoms with Gasteiger partial charge in [0.2, 0.25) is 5.95 Å². The first-order valence-corrected chi connectivity index (χ1v) is 3.33. The van der Waals surface area contributed by atoms with Crippen molar-refractivity contribution in [2.75, 3.05) is 5.73 Å². The van der Waals surface area contributed by atoms with Crippen LogP contribution in [0.25, 0.3) is 5.57 Å². The minimum atomic E-state index is 0.159. The summed E-state index contributed by atoms with van der Waals surface area (Å²) in [5.74, 6) is 0.159. The summed E-state index contributed by atoms with van der Waals surface area (Å²) in [6.07, 6.45) is 1.40. The van der Waals surface area contributed by atoms with Gasteiger partial charge in [0.05, 0.1) is 17.5 Å². The summed E-state index contributed by atoms with van der Waals surface area (Å²) in [6.45, 7) is 5.44. The van der Waals surface area contributed by atoms with Crippen LogP contribution in [0, 0.1) is 11.3 Å². The van der Waals surface area contributed by atoms with Crippen molar-refractivity contribution in [3.8, 4) is 6.07 Å². The molecule has 0 atom stereocenters. The number of nitrogen functional groups attached to an aromatic ring is 1. The monoisotopic (exact) mass is 160 g/mol. The Morgan fingerprint density at radius 2 is 2.42 bits per heavy atom. The van der Waals surface area contributed by atoms with Crippen LogP contribution in [0.5, 0.6) is 0 Å². The molecule has 1 heterocycles. The van der Waals surface area contributed by atoms with Crippen molar-refractivity contribution in [3.05, 3.63) is 24.0 Å². The Kier molecular flexibility index (Phi) is 2.06. The second-order valence-electron chi connectivity index (χ2n) is 2.38. The van der Waals surface area contributed by atoms with E-state index in [0.29, 0.717) is 16.8 Å². The Hall–Kier alpha value is -1.89. The lowest BCUT2D eigenvalue weighted by Crippen LogP contribution is -1.99. The Labute approximate surface area is 70.4 Å². The number of hydrogen-bond donors (Lipinski definition) is 1. The highest BCUT2D eigenvalue weighted by Crippen LogP contribution is 2.13. The summed E-state index contributed by atoms with van der Waals surface area (Å²) in [5.41, 5.74) is 6.97. The Morgan fingerprint density at radius 3 is 2.92 bits per heavy atom. The molecule has 0 radical (unpaired) electrons. The summed E-state index contributed by atoms with van der Waals surface area (Å²) < 4.78 is 0. The molecular weight excluding hydrogens is 152 g/mol. The molecule has 0 aliphatic rings. The molecule has 0 saturated carbocycles. The zero-order chi connectivity index (χ0) is 9.14. The highest BCUT2D eigenvalue weighted by Gasteiger charge is 2.04. The fourth-order valence-electron chi connectivity index (χ4n) is 0.803. The van der Waals surface area contributed by atoms with E-state index in [-0.39, 0.29) is 5.95 Å². The molecule has 2 N–H and O–H groups in total. The van der Waals surface area contributed by atoms with E-state index in [4.69, 9.17) is 11.0 Å². The lowest BCUT2D eigenvalue weighted by atomic mass is 10.1. The van der Waals surface area contributed by atoms with E-state index < -0.39 is 0 Å². The molecule has 0 aromatic carbocycles. The first-order valence-electron chi connectivity index (χ1n) is 3.33. The number of nitrogens with two attached hydrogens (primary N) is 1. The molecule has 0 amide bonds. The average Bonchev–Trinajstić information content (AvgIpc) is 2.04. The molecule has 1 aromatic heterocycles. The van der Waals surface area contributed by atoms with Gasteiger partial charge in [0.25, 0.3) is 0 Å². The first-order chi connectivity index (χ1) is 5.65. The van der Waals surface area contributed by atoms with E-state index in [9.17, 15) is 0 Å². The van der Waals surface area contributed by atoms with E-state index >= 15 is 0 Å². The maximum absolute atomic E-state index is 8.65. The first kappa shape index (κ1) is 8.21. The van der Waals surface area contributed by atoms with Crippen LogP contribution < -0.4 is 5.73 Å². The van der Waals surface area contributed by atoms with Crippen LogP contribution in [-0.4, -0.2) is 9.97 Å². The second kappa shape index (κ2) is 3.01. The Morgan fingerprint density at radius 1 is 1.75 bits per heavy atom. The van der Waals surface area contributed by atoms with Crippen LogP contribution in [-0.2, 0) is 0 Å². The van der Waals surface area contributed by atoms with Gasteiger partial charge in [-0.2, -0.15) is 5.26 Å². The largest absolute Gasteiger partial charge is 0.368 e. The number of allylic oxidation sites excluding steroid dienone is 1. The maximum atomic E-state index is 8.65. The van der Waals surface area contributed by atoms with E-state index in [1.807, 2.05) is 6.07 Å². The van der Waals surface area contributed by atoms with Crippen molar-refractivity contribution in [1.82, 2.24) is 9.97 Å². The van der Waals surface area contributed by atoms with Crippen LogP contribution in [0.3, 0.4) is 0 Å². The average molecular weight is 160 g/mol. The van der Waals surface area contributed by atoms with Crippen LogP contribution in [0.4, 0.5) is 5.95 Å². The molecule has 4 nitrogen and oxygen atoms in total. The van der Waals surface area contributed by atoms with E-state index in [2.05, 4.69) is 16.5 Å². The summed E-state index contributed by atoms with van der Waals surface area (Å²) in [5, 5.41) is 8.65. The highest BCUT2D eigenvalue weighted by molar-refractivity contribution is 5.64. The standard InChI is InChI=1S/C8H8N4/c1-5(2)7-6(3-9)4-11-8(10)12-7/h4H,1H2,2H3,(H2,10,11,12). The van der Waals surface area contributed by atoms with Crippen molar-refractivity contribution in [3.63, 3.8) is 0 Å². The van der Waals surface area contributed by atoms with Crippen molar-refractivity contribution < 1.29 is 0 Å². The minimum Gasteiger partial charge on any atom is -0.368 e. The van der Waals surface area contributed by atoms with Gasteiger partial charge in [-0.05, 0) is 12.5 Å². The summed E-state index contributed by atoms with van der Waals surface area (Å²) in [7, 11) is 0. The van der Waals surface area contributed by atoms with Gasteiger partial charge >= 0.3 is 0 Å². The number of nitrogens with zero attached hydrogens (tertiary/aromatic N) is 3. The van der Waals surface area contributed by atoms with Crippen LogP contribution in [0.1, 0.15) is 18.2 Å². The van der Waals surface area contributed by atoms with Gasteiger partial charge in [0, 0.05) is 0 Å². The molecule has 0 aliphatic heterocycles. The van der Waals surface area contributed by atoms with E-state index in [1.54, 1.807) is 6.92 Å². The van der Waals surface area contributed by atoms with E-state index in [1.165, 1.54) is 6.20 Å². The van der Waals surface area contributed by atoms with Crippen molar-refractivity contribution in [1.29, 1.82) is 5.26 Å². The third-order valence-corrected chi connectivity index (χ3v) is 1.33. The third kappa shape index (κ3) is 1.40. The smallest absolute Gasteiger partial charge is 0.220 e. The van der Waals surface area contributed by atoms with Gasteiger partial charge in [0.1, 0.15) is 6.07 Å². The van der Waals surface area contributed by atoms with Gasteiger partial charge < -0.3 is 5.73 Å². The third-order valence-electron chi connectivity index (χ3n) is 1.33. The SMILES string of the molecule is C=C(C)c1nc(N)ncc1C#N. The lowest BCUT2D eigenvalue weighted by Gasteiger charge is -2.00. The van der Waals surface area contributed by atoms with Crippen molar-refractivity contribution >= 4 is 11.5 Å². The van der Waals surface area contributed by atoms with Gasteiger partial charge in [-0.1, -0.05) is 6.58 Å². The predicted molar refractivity (Wildman–Crippen MR) is 45.9 cm³/mol. The zero-order valence-electron chi connectivity index (χ0n) is 6.70. The van der Waals surface area contributed by atoms with E-state index in [0.717, 1.165) is 0 Å². The van der Waals surface area contributed by atoms with Gasteiger partial charge in [-0.3, -0.25) is 0 Å². The summed E-state index contributed by atoms with van der Waals surface area (Å²) in [6, 6.07) is 1.96. The van der Waals surface area contributed by atoms with Gasteiger partial charge in [0.15, 0.2) is 0 Å². The number of anilines is 1. The summed E-state index contributed by atoms with van der Waals surface area (Å²) in [4.78, 5) is 7.58. The highest BCUT2D eigenvalue weighted by atomic mass is 15.0.